The van der Waals surface area contributed by atoms with Crippen molar-refractivity contribution in [1.29, 1.82) is 0 Å². The molecule has 1 N–H and O–H groups in total. The number of nitrogens with zero attached hydrogens (tertiary/aromatic N) is 4. The topological polar surface area (TPSA) is 61.4 Å². The fourth-order valence-corrected chi connectivity index (χ4v) is 2.40. The van der Waals surface area contributed by atoms with Crippen LogP contribution in [0.1, 0.15) is 24.1 Å². The maximum atomic E-state index is 11.5. The van der Waals surface area contributed by atoms with Gasteiger partial charge in [-0.15, -0.1) is 0 Å². The number of hydrogen-bond acceptors (Lipinski definition) is 5. The fraction of sp³-hybridized carbons (Fsp3) is 0.643. The zero-order valence-electron chi connectivity index (χ0n) is 12.7. The molecular weight excluding hydrogens is 254 g/mol. The molecule has 2 rings (SSSR count). The van der Waals surface area contributed by atoms with E-state index in [-0.39, 0.29) is 5.91 Å². The predicted octanol–water partition coefficient (Wildman–Crippen LogP) is 0.876. The number of nitrogens with one attached hydrogen (secondary N) is 1. The molecule has 0 aliphatic carbocycles. The van der Waals surface area contributed by atoms with E-state index in [4.69, 9.17) is 0 Å². The van der Waals surface area contributed by atoms with Crippen LogP contribution in [-0.2, 0) is 4.79 Å². The van der Waals surface area contributed by atoms with E-state index in [9.17, 15) is 4.79 Å². The van der Waals surface area contributed by atoms with Gasteiger partial charge >= 0.3 is 0 Å². The highest BCUT2D eigenvalue weighted by Gasteiger charge is 2.19. The average Bonchev–Trinajstić information content (AvgIpc) is 2.95. The molecule has 0 radical (unpaired) electrons. The Bertz CT molecular complexity index is 497. The molecule has 0 unspecified atom stereocenters. The Morgan fingerprint density at radius 2 is 1.95 bits per heavy atom. The standard InChI is InChI=1S/C14H23N5O/c1-10-11(2)16-14(19-7-5-6-8-19)17-13(10)18(4)9-12(20)15-3/h5-9H2,1-4H3,(H,15,20). The molecule has 1 aliphatic heterocycles. The molecular formula is C14H23N5O. The van der Waals surface area contributed by atoms with Gasteiger partial charge in [-0.05, 0) is 26.7 Å². The van der Waals surface area contributed by atoms with Gasteiger partial charge in [0.1, 0.15) is 5.82 Å². The summed E-state index contributed by atoms with van der Waals surface area (Å²) in [6, 6.07) is 0. The van der Waals surface area contributed by atoms with Gasteiger partial charge in [0.2, 0.25) is 11.9 Å². The minimum Gasteiger partial charge on any atom is -0.358 e. The number of carbonyl (C=O) groups excluding carboxylic acids is 1. The van der Waals surface area contributed by atoms with Crippen LogP contribution in [-0.4, -0.2) is 49.6 Å². The zero-order chi connectivity index (χ0) is 14.7. The van der Waals surface area contributed by atoms with Crippen molar-refractivity contribution in [2.24, 2.45) is 0 Å². The Hall–Kier alpha value is -1.85. The van der Waals surface area contributed by atoms with Gasteiger partial charge in [0.05, 0.1) is 6.54 Å². The molecule has 6 heteroatoms. The summed E-state index contributed by atoms with van der Waals surface area (Å²) in [7, 11) is 3.53. The number of anilines is 2. The summed E-state index contributed by atoms with van der Waals surface area (Å²) < 4.78 is 0. The van der Waals surface area contributed by atoms with E-state index in [1.165, 1.54) is 12.8 Å². The largest absolute Gasteiger partial charge is 0.358 e. The van der Waals surface area contributed by atoms with E-state index < -0.39 is 0 Å². The monoisotopic (exact) mass is 277 g/mol. The van der Waals surface area contributed by atoms with Gasteiger partial charge in [-0.2, -0.15) is 4.98 Å². The number of rotatable bonds is 4. The van der Waals surface area contributed by atoms with Crippen molar-refractivity contribution >= 4 is 17.7 Å². The molecule has 0 spiro atoms. The Morgan fingerprint density at radius 3 is 2.55 bits per heavy atom. The van der Waals surface area contributed by atoms with Crippen molar-refractivity contribution in [3.8, 4) is 0 Å². The summed E-state index contributed by atoms with van der Waals surface area (Å²) in [5.74, 6) is 1.60. The molecule has 1 aliphatic rings. The van der Waals surface area contributed by atoms with Crippen LogP contribution in [0.5, 0.6) is 0 Å². The number of hydrogen-bond donors (Lipinski definition) is 1. The molecule has 110 valence electrons. The molecule has 0 aromatic carbocycles. The minimum atomic E-state index is -0.0223. The smallest absolute Gasteiger partial charge is 0.239 e. The average molecular weight is 277 g/mol. The summed E-state index contributed by atoms with van der Waals surface area (Å²) in [4.78, 5) is 24.9. The number of carbonyl (C=O) groups is 1. The lowest BCUT2D eigenvalue weighted by molar-refractivity contribution is -0.119. The SMILES string of the molecule is CNC(=O)CN(C)c1nc(N2CCCC2)nc(C)c1C. The highest BCUT2D eigenvalue weighted by atomic mass is 16.1. The van der Waals surface area contributed by atoms with Gasteiger partial charge in [-0.1, -0.05) is 0 Å². The first-order valence-corrected chi connectivity index (χ1v) is 7.05. The van der Waals surface area contributed by atoms with Crippen LogP contribution in [0, 0.1) is 13.8 Å². The number of aromatic nitrogens is 2. The number of amides is 1. The van der Waals surface area contributed by atoms with Crippen molar-refractivity contribution in [3.63, 3.8) is 0 Å². The molecule has 1 saturated heterocycles. The van der Waals surface area contributed by atoms with Crippen LogP contribution >= 0.6 is 0 Å². The van der Waals surface area contributed by atoms with Crippen molar-refractivity contribution in [3.05, 3.63) is 11.3 Å². The lowest BCUT2D eigenvalue weighted by atomic mass is 10.2. The van der Waals surface area contributed by atoms with E-state index in [2.05, 4.69) is 20.2 Å². The van der Waals surface area contributed by atoms with Gasteiger partial charge in [0.15, 0.2) is 0 Å². The first-order valence-electron chi connectivity index (χ1n) is 7.05. The molecule has 6 nitrogen and oxygen atoms in total. The quantitative estimate of drug-likeness (QED) is 0.885. The maximum Gasteiger partial charge on any atom is 0.239 e. The summed E-state index contributed by atoms with van der Waals surface area (Å²) in [5, 5.41) is 2.64. The van der Waals surface area contributed by atoms with Gasteiger partial charge in [0.25, 0.3) is 0 Å². The van der Waals surface area contributed by atoms with Crippen LogP contribution in [0.15, 0.2) is 0 Å². The van der Waals surface area contributed by atoms with Gasteiger partial charge in [-0.25, -0.2) is 4.98 Å². The molecule has 20 heavy (non-hydrogen) atoms. The van der Waals surface area contributed by atoms with Crippen LogP contribution in [0.3, 0.4) is 0 Å². The highest BCUT2D eigenvalue weighted by molar-refractivity contribution is 5.80. The van der Waals surface area contributed by atoms with E-state index in [0.29, 0.717) is 6.54 Å². The summed E-state index contributed by atoms with van der Waals surface area (Å²) in [5.41, 5.74) is 2.00. The third-order valence-corrected chi connectivity index (χ3v) is 3.76. The number of aryl methyl sites for hydroxylation is 1. The second kappa shape index (κ2) is 6.07. The zero-order valence-corrected chi connectivity index (χ0v) is 12.7. The van der Waals surface area contributed by atoms with E-state index in [1.807, 2.05) is 25.8 Å². The Labute approximate surface area is 120 Å². The normalized spacial score (nSPS) is 14.5. The maximum absolute atomic E-state index is 11.5. The third-order valence-electron chi connectivity index (χ3n) is 3.76. The Morgan fingerprint density at radius 1 is 1.30 bits per heavy atom. The van der Waals surface area contributed by atoms with E-state index >= 15 is 0 Å². The molecule has 1 amide bonds. The molecule has 0 saturated carbocycles. The van der Waals surface area contributed by atoms with Gasteiger partial charge in [-0.3, -0.25) is 4.79 Å². The van der Waals surface area contributed by atoms with Crippen LogP contribution in [0.25, 0.3) is 0 Å². The lowest BCUT2D eigenvalue weighted by Gasteiger charge is -2.23. The van der Waals surface area contributed by atoms with E-state index in [1.54, 1.807) is 7.05 Å². The summed E-state index contributed by atoms with van der Waals surface area (Å²) >= 11 is 0. The molecule has 1 fully saturated rings. The Kier molecular flexibility index (Phi) is 4.42. The van der Waals surface area contributed by atoms with Crippen molar-refractivity contribution < 1.29 is 4.79 Å². The third kappa shape index (κ3) is 3.00. The van der Waals surface area contributed by atoms with Crippen molar-refractivity contribution in [2.75, 3.05) is 43.5 Å². The minimum absolute atomic E-state index is 0.0223. The molecule has 1 aromatic rings. The fourth-order valence-electron chi connectivity index (χ4n) is 2.40. The Balaban J connectivity index is 2.28. The molecule has 0 bridgehead atoms. The van der Waals surface area contributed by atoms with Gasteiger partial charge in [0, 0.05) is 38.4 Å². The highest BCUT2D eigenvalue weighted by Crippen LogP contribution is 2.24. The predicted molar refractivity (Wildman–Crippen MR) is 80.3 cm³/mol. The van der Waals surface area contributed by atoms with Crippen molar-refractivity contribution in [1.82, 2.24) is 15.3 Å². The first kappa shape index (κ1) is 14.6. The second-order valence-electron chi connectivity index (χ2n) is 5.28. The molecule has 1 aromatic heterocycles. The number of likely N-dealkylation sites (N-methyl/N-ethyl adjacent to an activating group) is 2. The van der Waals surface area contributed by atoms with Crippen LogP contribution < -0.4 is 15.1 Å². The van der Waals surface area contributed by atoms with E-state index in [0.717, 1.165) is 36.1 Å². The second-order valence-corrected chi connectivity index (χ2v) is 5.28. The van der Waals surface area contributed by atoms with Crippen LogP contribution in [0.2, 0.25) is 0 Å². The lowest BCUT2D eigenvalue weighted by Crippen LogP contribution is -2.34. The molecule has 0 atom stereocenters. The molecule has 2 heterocycles. The summed E-state index contributed by atoms with van der Waals surface area (Å²) in [6.07, 6.45) is 2.39. The van der Waals surface area contributed by atoms with Crippen LogP contribution in [0.4, 0.5) is 11.8 Å². The first-order chi connectivity index (χ1) is 9.52. The summed E-state index contributed by atoms with van der Waals surface area (Å²) in [6.45, 7) is 6.32. The van der Waals surface area contributed by atoms with Gasteiger partial charge < -0.3 is 15.1 Å². The van der Waals surface area contributed by atoms with Crippen molar-refractivity contribution in [2.45, 2.75) is 26.7 Å².